The van der Waals surface area contributed by atoms with Crippen molar-refractivity contribution in [3.63, 3.8) is 0 Å². The van der Waals surface area contributed by atoms with Gasteiger partial charge in [-0.1, -0.05) is 19.3 Å². The van der Waals surface area contributed by atoms with Crippen LogP contribution in [0.25, 0.3) is 0 Å². The van der Waals surface area contributed by atoms with Gasteiger partial charge in [-0.15, -0.1) is 0 Å². The highest BCUT2D eigenvalue weighted by molar-refractivity contribution is 5.85. The molecule has 15 heavy (non-hydrogen) atoms. The van der Waals surface area contributed by atoms with E-state index < -0.39 is 0 Å². The van der Waals surface area contributed by atoms with Gasteiger partial charge in [0.25, 0.3) is 0 Å². The molecule has 0 aliphatic heterocycles. The Hall–Kier alpha value is -0.370. The van der Waals surface area contributed by atoms with Gasteiger partial charge in [0.15, 0.2) is 0 Å². The van der Waals surface area contributed by atoms with Crippen molar-refractivity contribution in [3.8, 4) is 0 Å². The van der Waals surface area contributed by atoms with E-state index in [1.807, 2.05) is 7.11 Å². The summed E-state index contributed by atoms with van der Waals surface area (Å²) in [5.74, 6) is 0. The van der Waals surface area contributed by atoms with Gasteiger partial charge in [0.1, 0.15) is 0 Å². The molecule has 0 spiro atoms. The summed E-state index contributed by atoms with van der Waals surface area (Å²) in [4.78, 5) is 4.92. The molecule has 2 nitrogen and oxygen atoms in total. The summed E-state index contributed by atoms with van der Waals surface area (Å²) < 4.78 is 5.37. The molecule has 0 atom stereocenters. The molecule has 2 saturated carbocycles. The smallest absolute Gasteiger partial charge is 0.0578 e. The molecular formula is C13H23NO. The Labute approximate surface area is 93.1 Å². The van der Waals surface area contributed by atoms with E-state index in [9.17, 15) is 0 Å². The van der Waals surface area contributed by atoms with E-state index in [1.54, 1.807) is 0 Å². The largest absolute Gasteiger partial charge is 0.381 e. The number of methoxy groups -OCH3 is 1. The fourth-order valence-electron chi connectivity index (χ4n) is 2.76. The molecule has 0 radical (unpaired) electrons. The zero-order valence-corrected chi connectivity index (χ0v) is 9.87. The highest BCUT2D eigenvalue weighted by Crippen LogP contribution is 2.24. The molecule has 2 rings (SSSR count). The quantitative estimate of drug-likeness (QED) is 0.683. The Bertz CT molecular complexity index is 209. The first-order valence-corrected chi connectivity index (χ1v) is 6.47. The van der Waals surface area contributed by atoms with E-state index in [0.717, 1.165) is 0 Å². The summed E-state index contributed by atoms with van der Waals surface area (Å²) in [5, 5.41) is 0. The van der Waals surface area contributed by atoms with Crippen molar-refractivity contribution in [2.24, 2.45) is 4.99 Å². The lowest BCUT2D eigenvalue weighted by Crippen LogP contribution is -2.22. The summed E-state index contributed by atoms with van der Waals surface area (Å²) in [6.45, 7) is 0. The third-order valence-electron chi connectivity index (χ3n) is 3.78. The fraction of sp³-hybridized carbons (Fsp3) is 0.923. The van der Waals surface area contributed by atoms with E-state index in [-0.39, 0.29) is 0 Å². The van der Waals surface area contributed by atoms with Gasteiger partial charge in [-0.2, -0.15) is 0 Å². The number of hydrogen-bond donors (Lipinski definition) is 0. The number of nitrogens with zero attached hydrogens (tertiary/aromatic N) is 1. The van der Waals surface area contributed by atoms with E-state index in [1.165, 1.54) is 63.5 Å². The molecule has 86 valence electrons. The lowest BCUT2D eigenvalue weighted by atomic mass is 9.93. The van der Waals surface area contributed by atoms with Crippen LogP contribution in [-0.2, 0) is 4.74 Å². The molecule has 2 aliphatic rings. The van der Waals surface area contributed by atoms with Gasteiger partial charge in [0.05, 0.1) is 6.10 Å². The number of ether oxygens (including phenoxy) is 1. The van der Waals surface area contributed by atoms with E-state index >= 15 is 0 Å². The molecular weight excluding hydrogens is 186 g/mol. The van der Waals surface area contributed by atoms with Gasteiger partial charge in [-0.05, 0) is 38.5 Å². The van der Waals surface area contributed by atoms with Crippen molar-refractivity contribution in [1.29, 1.82) is 0 Å². The van der Waals surface area contributed by atoms with Crippen LogP contribution >= 0.6 is 0 Å². The first-order valence-electron chi connectivity index (χ1n) is 6.47. The van der Waals surface area contributed by atoms with E-state index in [2.05, 4.69) is 0 Å². The molecule has 0 aromatic heterocycles. The van der Waals surface area contributed by atoms with Crippen LogP contribution < -0.4 is 0 Å². The molecule has 0 heterocycles. The van der Waals surface area contributed by atoms with Crippen LogP contribution in [0.1, 0.15) is 57.8 Å². The molecule has 2 aliphatic carbocycles. The van der Waals surface area contributed by atoms with Crippen LogP contribution in [0.4, 0.5) is 0 Å². The van der Waals surface area contributed by atoms with Crippen molar-refractivity contribution in [3.05, 3.63) is 0 Å². The lowest BCUT2D eigenvalue weighted by molar-refractivity contribution is 0.0862. The average molecular weight is 209 g/mol. The topological polar surface area (TPSA) is 21.6 Å². The van der Waals surface area contributed by atoms with Crippen molar-refractivity contribution >= 4 is 5.71 Å². The van der Waals surface area contributed by atoms with Crippen LogP contribution in [0, 0.1) is 0 Å². The third kappa shape index (κ3) is 3.30. The molecule has 0 saturated heterocycles. The average Bonchev–Trinajstić information content (AvgIpc) is 2.31. The Kier molecular flexibility index (Phi) is 4.18. The molecule has 0 unspecified atom stereocenters. The van der Waals surface area contributed by atoms with Gasteiger partial charge >= 0.3 is 0 Å². The second-order valence-electron chi connectivity index (χ2n) is 4.92. The monoisotopic (exact) mass is 209 g/mol. The highest BCUT2D eigenvalue weighted by atomic mass is 16.5. The molecule has 0 aromatic carbocycles. The van der Waals surface area contributed by atoms with Crippen molar-refractivity contribution in [2.45, 2.75) is 69.9 Å². The van der Waals surface area contributed by atoms with Crippen molar-refractivity contribution < 1.29 is 4.74 Å². The summed E-state index contributed by atoms with van der Waals surface area (Å²) in [6.07, 6.45) is 12.1. The predicted molar refractivity (Wildman–Crippen MR) is 63.6 cm³/mol. The summed E-state index contributed by atoms with van der Waals surface area (Å²) >= 11 is 0. The highest BCUT2D eigenvalue weighted by Gasteiger charge is 2.19. The standard InChI is InChI=1S/C13H23NO/c1-15-13-9-7-12(8-10-13)14-11-5-3-2-4-6-11/h11,13H,2-10H2,1H3. The molecule has 0 aromatic rings. The second-order valence-corrected chi connectivity index (χ2v) is 4.92. The molecule has 2 heteroatoms. The Morgan fingerprint density at radius 3 is 2.27 bits per heavy atom. The van der Waals surface area contributed by atoms with Crippen LogP contribution in [0.3, 0.4) is 0 Å². The van der Waals surface area contributed by atoms with Crippen LogP contribution in [-0.4, -0.2) is 25.0 Å². The Morgan fingerprint density at radius 2 is 1.67 bits per heavy atom. The van der Waals surface area contributed by atoms with Crippen LogP contribution in [0.15, 0.2) is 4.99 Å². The van der Waals surface area contributed by atoms with Gasteiger partial charge in [-0.3, -0.25) is 4.99 Å². The number of aliphatic imine (C=N–C) groups is 1. The molecule has 0 bridgehead atoms. The zero-order chi connectivity index (χ0) is 10.5. The van der Waals surface area contributed by atoms with E-state index in [4.69, 9.17) is 9.73 Å². The van der Waals surface area contributed by atoms with Gasteiger partial charge in [0.2, 0.25) is 0 Å². The predicted octanol–water partition coefficient (Wildman–Crippen LogP) is 3.35. The van der Waals surface area contributed by atoms with Gasteiger partial charge < -0.3 is 4.74 Å². The van der Waals surface area contributed by atoms with Gasteiger partial charge in [-0.25, -0.2) is 0 Å². The van der Waals surface area contributed by atoms with Crippen LogP contribution in [0.5, 0.6) is 0 Å². The number of hydrogen-bond acceptors (Lipinski definition) is 2. The molecule has 2 fully saturated rings. The fourth-order valence-corrected chi connectivity index (χ4v) is 2.76. The normalized spacial score (nSPS) is 29.1. The summed E-state index contributed by atoms with van der Waals surface area (Å²) in [6, 6.07) is 0.660. The molecule has 0 amide bonds. The van der Waals surface area contributed by atoms with Crippen molar-refractivity contribution in [2.75, 3.05) is 7.11 Å². The molecule has 0 N–H and O–H groups in total. The maximum atomic E-state index is 5.37. The Balaban J connectivity index is 1.80. The third-order valence-corrected chi connectivity index (χ3v) is 3.78. The second kappa shape index (κ2) is 5.64. The minimum absolute atomic E-state index is 0.496. The SMILES string of the molecule is COC1CCC(=NC2CCCCC2)CC1. The first kappa shape index (κ1) is 11.1. The maximum Gasteiger partial charge on any atom is 0.0578 e. The minimum atomic E-state index is 0.496. The lowest BCUT2D eigenvalue weighted by Gasteiger charge is -2.24. The van der Waals surface area contributed by atoms with Crippen molar-refractivity contribution in [1.82, 2.24) is 0 Å². The van der Waals surface area contributed by atoms with Gasteiger partial charge in [0, 0.05) is 18.9 Å². The summed E-state index contributed by atoms with van der Waals surface area (Å²) in [7, 11) is 1.83. The summed E-state index contributed by atoms with van der Waals surface area (Å²) in [5.41, 5.74) is 1.47. The Morgan fingerprint density at radius 1 is 1.00 bits per heavy atom. The minimum Gasteiger partial charge on any atom is -0.381 e. The van der Waals surface area contributed by atoms with E-state index in [0.29, 0.717) is 12.1 Å². The van der Waals surface area contributed by atoms with Crippen LogP contribution in [0.2, 0.25) is 0 Å². The maximum absolute atomic E-state index is 5.37. The number of rotatable bonds is 2. The first-order chi connectivity index (χ1) is 7.38. The zero-order valence-electron chi connectivity index (χ0n) is 9.87.